The van der Waals surface area contributed by atoms with Crippen molar-refractivity contribution in [3.8, 4) is 22.5 Å². The third-order valence-electron chi connectivity index (χ3n) is 17.7. The van der Waals surface area contributed by atoms with E-state index in [1.165, 1.54) is 24.3 Å². The maximum absolute atomic E-state index is 14.9. The third kappa shape index (κ3) is 17.7. The molecule has 3 aliphatic heterocycles. The zero-order valence-corrected chi connectivity index (χ0v) is 55.6. The molecule has 0 atom stereocenters. The Morgan fingerprint density at radius 1 is 0.457 bits per heavy atom. The van der Waals surface area contributed by atoms with Gasteiger partial charge in [-0.3, -0.25) is 14.8 Å². The Balaban J connectivity index is 0.000000156. The van der Waals surface area contributed by atoms with Crippen molar-refractivity contribution in [3.05, 3.63) is 148 Å². The molecule has 3 aromatic heterocycles. The molecule has 0 amide bonds. The second kappa shape index (κ2) is 29.6. The number of benzene rings is 3. The Morgan fingerprint density at radius 3 is 1.14 bits per heavy atom. The largest absolute Gasteiger partial charge is 0.497 e. The lowest BCUT2D eigenvalue weighted by Crippen LogP contribution is -2.41. The Hall–Kier alpha value is -5.70. The number of pyridine rings is 3. The number of halogens is 10. The van der Waals surface area contributed by atoms with Crippen LogP contribution in [0.4, 0.5) is 39.5 Å². The van der Waals surface area contributed by atoms with Gasteiger partial charge in [0, 0.05) is 73.3 Å². The highest BCUT2D eigenvalue weighted by Gasteiger charge is 2.53. The first kappa shape index (κ1) is 72.6. The van der Waals surface area contributed by atoms with Crippen LogP contribution in [0.15, 0.2) is 111 Å². The van der Waals surface area contributed by atoms with Gasteiger partial charge in [-0.2, -0.15) is 0 Å². The van der Waals surface area contributed by atoms with Crippen molar-refractivity contribution in [2.24, 2.45) is 17.8 Å². The van der Waals surface area contributed by atoms with Crippen LogP contribution in [0.1, 0.15) is 105 Å². The van der Waals surface area contributed by atoms with Crippen LogP contribution in [-0.2, 0) is 62.6 Å². The first-order chi connectivity index (χ1) is 44.2. The smallest absolute Gasteiger partial charge is 0.399 e. The molecule has 6 heterocycles. The van der Waals surface area contributed by atoms with Gasteiger partial charge in [0.05, 0.1) is 88.2 Å². The van der Waals surface area contributed by atoms with Crippen LogP contribution in [-0.4, -0.2) is 120 Å². The van der Waals surface area contributed by atoms with Crippen molar-refractivity contribution in [2.45, 2.75) is 142 Å². The van der Waals surface area contributed by atoms with Crippen molar-refractivity contribution in [1.82, 2.24) is 15.0 Å². The molecule has 2 spiro atoms. The maximum Gasteiger partial charge on any atom is 0.497 e. The lowest BCUT2D eigenvalue weighted by Gasteiger charge is -2.35. The fraction of sp³-hybridized carbons (Fsp3) is 0.469. The van der Waals surface area contributed by atoms with Gasteiger partial charge in [-0.05, 0) is 148 Å². The number of nitrogens with zero attached hydrogens (tertiary/aromatic N) is 3. The number of rotatable bonds is 12. The van der Waals surface area contributed by atoms with E-state index < -0.39 is 117 Å². The number of sulfone groups is 3. The Bertz CT molecular complexity index is 4070. The van der Waals surface area contributed by atoms with Crippen LogP contribution < -0.4 is 5.46 Å². The molecule has 3 aromatic carbocycles. The van der Waals surface area contributed by atoms with Gasteiger partial charge in [-0.15, -0.1) is 0 Å². The van der Waals surface area contributed by atoms with Gasteiger partial charge in [-0.25, -0.2) is 69.8 Å². The van der Waals surface area contributed by atoms with Gasteiger partial charge < -0.3 is 28.3 Å². The van der Waals surface area contributed by atoms with Crippen LogP contribution in [0.3, 0.4) is 0 Å². The molecule has 0 unspecified atom stereocenters. The molecule has 16 nitrogen and oxygen atoms in total. The molecule has 0 radical (unpaired) electrons. The third-order valence-corrected chi connectivity index (χ3v) is 23.9. The molecular formula is C64H68BBrF9N3O13S3. The Morgan fingerprint density at radius 2 is 0.798 bits per heavy atom. The number of hydrogen-bond donors (Lipinski definition) is 0. The van der Waals surface area contributed by atoms with E-state index >= 15 is 0 Å². The molecule has 3 saturated carbocycles. The SMILES string of the molecule is CC1(C)OB(c2ccc(S(=O)(=O)CC3CCC4(CC3)OCCO4)cc2F)OC1(C)C.Fc1cnc(Br)c(F)c1.O=C1CCC(CS(=O)(=O)c2ccc(-c3ncc(F)cc3F)c(F)c2)CC1.O=S(=O)(CC1CCC2(CC1)OCCO2)c1ccc(-c2ncc(F)cc2F)c(F)c1. The molecule has 12 rings (SSSR count). The zero-order chi connectivity index (χ0) is 68.2. The van der Waals surface area contributed by atoms with Crippen molar-refractivity contribution in [3.63, 3.8) is 0 Å². The molecule has 6 fully saturated rings. The van der Waals surface area contributed by atoms with Crippen LogP contribution in [0, 0.1) is 70.1 Å². The molecule has 0 bridgehead atoms. The molecular weight excluding hydrogens is 1380 g/mol. The van der Waals surface area contributed by atoms with Crippen LogP contribution >= 0.6 is 15.9 Å². The number of aromatic nitrogens is 3. The van der Waals surface area contributed by atoms with E-state index in [1.807, 2.05) is 27.7 Å². The van der Waals surface area contributed by atoms with Crippen LogP contribution in [0.5, 0.6) is 0 Å². The number of ketones is 1. The summed E-state index contributed by atoms with van der Waals surface area (Å²) in [5.41, 5.74) is -2.22. The van der Waals surface area contributed by atoms with Crippen LogP contribution in [0.2, 0.25) is 0 Å². The molecule has 6 aliphatic rings. The van der Waals surface area contributed by atoms with Crippen molar-refractivity contribution < 1.29 is 97.8 Å². The molecule has 94 heavy (non-hydrogen) atoms. The summed E-state index contributed by atoms with van der Waals surface area (Å²) in [5.74, 6) is -9.14. The molecule has 0 N–H and O–H groups in total. The Labute approximate surface area is 548 Å². The Kier molecular flexibility index (Phi) is 22.8. The van der Waals surface area contributed by atoms with Gasteiger partial charge in [0.15, 0.2) is 58.5 Å². The predicted octanol–water partition coefficient (Wildman–Crippen LogP) is 12.5. The van der Waals surface area contributed by atoms with Gasteiger partial charge in [-0.1, -0.05) is 6.07 Å². The van der Waals surface area contributed by atoms with Gasteiger partial charge in [0.1, 0.15) is 56.7 Å². The normalized spacial score (nSPS) is 20.3. The lowest BCUT2D eigenvalue weighted by molar-refractivity contribution is -0.181. The minimum atomic E-state index is -3.74. The maximum atomic E-state index is 14.9. The second-order valence-corrected chi connectivity index (χ2v) is 31.7. The van der Waals surface area contributed by atoms with E-state index in [0.717, 1.165) is 55.0 Å². The summed E-state index contributed by atoms with van der Waals surface area (Å²) in [5, 5.41) is 0. The highest BCUT2D eigenvalue weighted by molar-refractivity contribution is 9.10. The summed E-state index contributed by atoms with van der Waals surface area (Å²) in [7, 11) is -11.9. The zero-order valence-electron chi connectivity index (χ0n) is 51.6. The highest BCUT2D eigenvalue weighted by atomic mass is 79.9. The van der Waals surface area contributed by atoms with E-state index in [1.54, 1.807) is 0 Å². The molecule has 6 aromatic rings. The number of ether oxygens (including phenoxy) is 4. The van der Waals surface area contributed by atoms with E-state index in [0.29, 0.717) is 116 Å². The van der Waals surface area contributed by atoms with Gasteiger partial charge in [0.25, 0.3) is 0 Å². The topological polar surface area (TPSA) is 214 Å². The highest BCUT2D eigenvalue weighted by Crippen LogP contribution is 2.42. The fourth-order valence-corrected chi connectivity index (χ4v) is 17.1. The van der Waals surface area contributed by atoms with E-state index in [4.69, 9.17) is 28.3 Å². The summed E-state index contributed by atoms with van der Waals surface area (Å²) in [6, 6.07) is 12.3. The average Bonchev–Trinajstić information content (AvgIpc) is 1.54. The molecule has 3 saturated heterocycles. The van der Waals surface area contributed by atoms with Crippen molar-refractivity contribution >= 4 is 63.8 Å². The second-order valence-electron chi connectivity index (χ2n) is 24.9. The minimum Gasteiger partial charge on any atom is -0.399 e. The number of Topliss-reactive ketones (excluding diaryl/α,β-unsaturated/α-hetero) is 1. The summed E-state index contributed by atoms with van der Waals surface area (Å²) in [4.78, 5) is 21.3. The summed E-state index contributed by atoms with van der Waals surface area (Å²) in [6.07, 6.45) is 9.59. The standard InChI is InChI=1S/C21H30BFO6S.C20H20F3NO4S.C18H16F3NO3S.C5H2BrF2N/c1-19(2)20(3,4)29-22(28-19)17-6-5-16(13-18(17)23)30(24,25)14-15-7-9-21(10-8-15)26-11-12-27-21;21-14-9-18(23)19(24-11-14)16-2-1-15(10-17(16)22)29(25,26)12-13-3-5-20(6-4-13)27-7-8-28-20;19-12-7-17(21)18(22-9-12)15-6-5-14(8-16(15)20)26(24,25)10-11-1-3-13(23)4-2-11;6-5-4(8)1-3(7)2-9-5/h5-6,13,15H,7-12,14H2,1-4H3;1-2,9-11,13H,3-8,12H2;5-9,11H,1-4,10H2;1-2H. The summed E-state index contributed by atoms with van der Waals surface area (Å²) < 4.78 is 232. The number of carbonyl (C=O) groups is 1. The lowest BCUT2D eigenvalue weighted by atomic mass is 9.79. The van der Waals surface area contributed by atoms with Crippen molar-refractivity contribution in [1.29, 1.82) is 0 Å². The first-order valence-electron chi connectivity index (χ1n) is 30.3. The number of hydrogen-bond acceptors (Lipinski definition) is 16. The first-order valence-corrected chi connectivity index (χ1v) is 36.0. The molecule has 3 aliphatic carbocycles. The van der Waals surface area contributed by atoms with E-state index in [9.17, 15) is 69.6 Å². The summed E-state index contributed by atoms with van der Waals surface area (Å²) in [6.45, 7) is 9.85. The summed E-state index contributed by atoms with van der Waals surface area (Å²) >= 11 is 2.78. The monoisotopic (exact) mass is 1440 g/mol. The predicted molar refractivity (Wildman–Crippen MR) is 329 cm³/mol. The average molecular weight is 1450 g/mol. The van der Waals surface area contributed by atoms with Gasteiger partial charge >= 0.3 is 7.12 Å². The van der Waals surface area contributed by atoms with E-state index in [2.05, 4.69) is 30.9 Å². The van der Waals surface area contributed by atoms with Crippen molar-refractivity contribution in [2.75, 3.05) is 43.7 Å². The van der Waals surface area contributed by atoms with Crippen LogP contribution in [0.25, 0.3) is 22.5 Å². The fourth-order valence-electron chi connectivity index (χ4n) is 11.8. The quantitative estimate of drug-likeness (QED) is 0.0633. The molecule has 30 heteroatoms. The van der Waals surface area contributed by atoms with E-state index in [-0.39, 0.29) is 82.4 Å². The number of carbonyl (C=O) groups excluding carboxylic acids is 1. The minimum absolute atomic E-state index is 0.00163. The van der Waals surface area contributed by atoms with Gasteiger partial charge in [0.2, 0.25) is 0 Å². The molecule has 508 valence electrons.